The minimum Gasteiger partial charge on any atom is -0.277 e. The molecule has 4 amide bonds. The van der Waals surface area contributed by atoms with Crippen LogP contribution in [0.15, 0.2) is 103 Å². The fourth-order valence-electron chi connectivity index (χ4n) is 9.05. The van der Waals surface area contributed by atoms with E-state index in [1.54, 1.807) is 6.07 Å². The van der Waals surface area contributed by atoms with E-state index in [2.05, 4.69) is 38.1 Å². The number of nitrogens with zero attached hydrogens (tertiary/aromatic N) is 2. The SMILES string of the molecule is CN1C(=O)c2ccc(C(C)(c3ccc4c(c3)C(=O)N(c3ccc5c(c3)C3(C)c6ccccc6C5(C)c5ccccc53)C4=O)C(F)(F)F)cc2C1=O. The highest BCUT2D eigenvalue weighted by Crippen LogP contribution is 2.62. The lowest BCUT2D eigenvalue weighted by Gasteiger charge is -2.54. The first-order valence-corrected chi connectivity index (χ1v) is 16.6. The molecule has 1 atom stereocenters. The zero-order valence-electron chi connectivity index (χ0n) is 28.0. The Hall–Kier alpha value is -5.83. The number of amides is 4. The van der Waals surface area contributed by atoms with Gasteiger partial charge in [-0.15, -0.1) is 0 Å². The summed E-state index contributed by atoms with van der Waals surface area (Å²) in [6.45, 7) is 5.31. The van der Waals surface area contributed by atoms with Crippen molar-refractivity contribution in [1.29, 1.82) is 0 Å². The van der Waals surface area contributed by atoms with Crippen molar-refractivity contribution in [3.05, 3.63) is 170 Å². The molecule has 6 nitrogen and oxygen atoms in total. The first-order valence-electron chi connectivity index (χ1n) is 16.6. The van der Waals surface area contributed by atoms with Gasteiger partial charge in [0.15, 0.2) is 0 Å². The molecule has 0 N–H and O–H groups in total. The predicted molar refractivity (Wildman–Crippen MR) is 183 cm³/mol. The minimum atomic E-state index is -4.88. The number of carbonyl (C=O) groups excluding carboxylic acids is 4. The van der Waals surface area contributed by atoms with E-state index in [4.69, 9.17) is 0 Å². The van der Waals surface area contributed by atoms with E-state index < -0.39 is 46.0 Å². The van der Waals surface area contributed by atoms with Crippen LogP contribution < -0.4 is 4.90 Å². The van der Waals surface area contributed by atoms with Crippen LogP contribution in [0, 0.1) is 0 Å². The highest BCUT2D eigenvalue weighted by atomic mass is 19.4. The van der Waals surface area contributed by atoms with Gasteiger partial charge in [-0.25, -0.2) is 4.90 Å². The van der Waals surface area contributed by atoms with Crippen LogP contribution in [0.1, 0.15) is 107 Å². The number of halogens is 3. The molecular formula is C42H29F3N2O4. The second kappa shape index (κ2) is 9.69. The van der Waals surface area contributed by atoms with E-state index in [0.29, 0.717) is 5.69 Å². The summed E-state index contributed by atoms with van der Waals surface area (Å²) in [5.74, 6) is -2.64. The number of hydrogen-bond acceptors (Lipinski definition) is 4. The molecule has 2 aliphatic heterocycles. The fraction of sp³-hybridized carbons (Fsp3) is 0.190. The van der Waals surface area contributed by atoms with Crippen LogP contribution in [0.4, 0.5) is 18.9 Å². The van der Waals surface area contributed by atoms with Crippen LogP contribution in [-0.4, -0.2) is 41.8 Å². The van der Waals surface area contributed by atoms with Crippen molar-refractivity contribution in [1.82, 2.24) is 4.90 Å². The van der Waals surface area contributed by atoms with E-state index in [0.717, 1.165) is 51.1 Å². The molecule has 252 valence electrons. The van der Waals surface area contributed by atoms with Crippen molar-refractivity contribution in [2.45, 2.75) is 43.2 Å². The molecule has 2 heterocycles. The number of fused-ring (bicyclic) bond motifs is 2. The molecule has 9 heteroatoms. The van der Waals surface area contributed by atoms with Crippen LogP contribution in [0.2, 0.25) is 0 Å². The summed E-state index contributed by atoms with van der Waals surface area (Å²) in [4.78, 5) is 55.1. The molecule has 0 saturated heterocycles. The zero-order chi connectivity index (χ0) is 36.0. The maximum Gasteiger partial charge on any atom is 0.402 e. The monoisotopic (exact) mass is 682 g/mol. The van der Waals surface area contributed by atoms with Gasteiger partial charge in [-0.3, -0.25) is 24.1 Å². The van der Waals surface area contributed by atoms with Crippen molar-refractivity contribution in [3.63, 3.8) is 0 Å². The Balaban J connectivity index is 1.15. The van der Waals surface area contributed by atoms with Gasteiger partial charge in [0.1, 0.15) is 5.41 Å². The number of anilines is 1. The molecule has 5 aliphatic rings. The molecule has 0 saturated carbocycles. The summed E-state index contributed by atoms with van der Waals surface area (Å²) in [7, 11) is 1.27. The quantitative estimate of drug-likeness (QED) is 0.181. The van der Waals surface area contributed by atoms with Crippen molar-refractivity contribution >= 4 is 29.3 Å². The Morgan fingerprint density at radius 2 is 0.922 bits per heavy atom. The van der Waals surface area contributed by atoms with Crippen molar-refractivity contribution in [2.24, 2.45) is 0 Å². The third-order valence-electron chi connectivity index (χ3n) is 12.0. The predicted octanol–water partition coefficient (Wildman–Crippen LogP) is 7.92. The zero-order valence-corrected chi connectivity index (χ0v) is 28.0. The second-order valence-electron chi connectivity index (χ2n) is 14.3. The highest BCUT2D eigenvalue weighted by Gasteiger charge is 2.56. The van der Waals surface area contributed by atoms with Crippen LogP contribution >= 0.6 is 0 Å². The van der Waals surface area contributed by atoms with Crippen LogP contribution in [-0.2, 0) is 16.2 Å². The molecular weight excluding hydrogens is 653 g/mol. The molecule has 5 aromatic carbocycles. The first-order chi connectivity index (χ1) is 24.1. The van der Waals surface area contributed by atoms with Crippen molar-refractivity contribution < 1.29 is 32.3 Å². The number of carbonyl (C=O) groups is 4. The average molecular weight is 683 g/mol. The lowest BCUT2D eigenvalue weighted by molar-refractivity contribution is -0.173. The maximum absolute atomic E-state index is 15.1. The lowest BCUT2D eigenvalue weighted by atomic mass is 9.48. The number of rotatable bonds is 3. The van der Waals surface area contributed by atoms with Crippen LogP contribution in [0.5, 0.6) is 0 Å². The fourth-order valence-corrected chi connectivity index (χ4v) is 9.05. The van der Waals surface area contributed by atoms with E-state index in [-0.39, 0.29) is 33.4 Å². The molecule has 1 unspecified atom stereocenters. The van der Waals surface area contributed by atoms with E-state index in [1.165, 1.54) is 42.4 Å². The summed E-state index contributed by atoms with van der Waals surface area (Å²) >= 11 is 0. The Morgan fingerprint density at radius 1 is 0.510 bits per heavy atom. The molecule has 0 radical (unpaired) electrons. The third-order valence-corrected chi connectivity index (χ3v) is 12.0. The summed E-state index contributed by atoms with van der Waals surface area (Å²) in [6, 6.07) is 29.3. The summed E-state index contributed by atoms with van der Waals surface area (Å²) in [6.07, 6.45) is -4.88. The van der Waals surface area contributed by atoms with Gasteiger partial charge < -0.3 is 0 Å². The van der Waals surface area contributed by atoms with Crippen molar-refractivity contribution in [3.8, 4) is 0 Å². The molecule has 0 aromatic heterocycles. The van der Waals surface area contributed by atoms with E-state index >= 15 is 13.2 Å². The molecule has 2 bridgehead atoms. The van der Waals surface area contributed by atoms with Gasteiger partial charge in [-0.1, -0.05) is 66.7 Å². The van der Waals surface area contributed by atoms with Gasteiger partial charge in [-0.05, 0) is 102 Å². The second-order valence-corrected chi connectivity index (χ2v) is 14.3. The molecule has 3 aliphatic carbocycles. The van der Waals surface area contributed by atoms with Crippen LogP contribution in [0.3, 0.4) is 0 Å². The highest BCUT2D eigenvalue weighted by molar-refractivity contribution is 6.34. The number of benzene rings is 5. The first kappa shape index (κ1) is 31.2. The Labute approximate surface area is 291 Å². The molecule has 0 spiro atoms. The number of alkyl halides is 3. The summed E-state index contributed by atoms with van der Waals surface area (Å²) < 4.78 is 45.4. The minimum absolute atomic E-state index is 0.00210. The smallest absolute Gasteiger partial charge is 0.277 e. The summed E-state index contributed by atoms with van der Waals surface area (Å²) in [5.41, 5.74) is 2.45. The normalized spacial score (nSPS) is 22.4. The van der Waals surface area contributed by atoms with Crippen LogP contribution in [0.25, 0.3) is 0 Å². The van der Waals surface area contributed by atoms with Gasteiger partial charge in [0, 0.05) is 17.9 Å². The summed E-state index contributed by atoms with van der Waals surface area (Å²) in [5, 5.41) is 0. The maximum atomic E-state index is 15.1. The standard InChI is InChI=1S/C42H29F3N2O4/c1-39-29-9-5-7-11-31(29)40(2,32-12-8-6-10-30(32)39)34-21-24(15-18-33(34)39)47-37(50)26-17-14-23(20-28(26)38(47)51)41(3,42(43,44)45)22-13-16-25-27(19-22)36(49)46(4)35(25)48/h5-21H,1-4H3. The van der Waals surface area contributed by atoms with Gasteiger partial charge >= 0.3 is 6.18 Å². The Morgan fingerprint density at radius 3 is 1.43 bits per heavy atom. The lowest BCUT2D eigenvalue weighted by Crippen LogP contribution is -2.48. The van der Waals surface area contributed by atoms with Gasteiger partial charge in [-0.2, -0.15) is 13.2 Å². The van der Waals surface area contributed by atoms with Gasteiger partial charge in [0.2, 0.25) is 0 Å². The van der Waals surface area contributed by atoms with E-state index in [1.807, 2.05) is 36.4 Å². The number of imide groups is 2. The molecule has 10 rings (SSSR count). The van der Waals surface area contributed by atoms with E-state index in [9.17, 15) is 19.2 Å². The molecule has 0 fully saturated rings. The third kappa shape index (κ3) is 3.58. The topological polar surface area (TPSA) is 74.8 Å². The Kier molecular flexibility index (Phi) is 5.92. The largest absolute Gasteiger partial charge is 0.402 e. The van der Waals surface area contributed by atoms with Gasteiger partial charge in [0.05, 0.1) is 27.9 Å². The van der Waals surface area contributed by atoms with Crippen molar-refractivity contribution in [2.75, 3.05) is 11.9 Å². The Bertz CT molecular complexity index is 2440. The molecule has 5 aromatic rings. The van der Waals surface area contributed by atoms with Gasteiger partial charge in [0.25, 0.3) is 23.6 Å². The number of hydrogen-bond donors (Lipinski definition) is 0. The average Bonchev–Trinajstić information content (AvgIpc) is 3.51. The molecule has 51 heavy (non-hydrogen) atoms.